The summed E-state index contributed by atoms with van der Waals surface area (Å²) in [5.74, 6) is -0.492. The smallest absolute Gasteiger partial charge is 0.416 e. The van der Waals surface area contributed by atoms with E-state index >= 15 is 0 Å². The van der Waals surface area contributed by atoms with Crippen LogP contribution < -0.4 is 0 Å². The Bertz CT molecular complexity index is 735. The highest BCUT2D eigenvalue weighted by atomic mass is 19.4. The molecule has 24 heavy (non-hydrogen) atoms. The van der Waals surface area contributed by atoms with Gasteiger partial charge in [0.25, 0.3) is 0 Å². The maximum Gasteiger partial charge on any atom is 0.416 e. The van der Waals surface area contributed by atoms with Gasteiger partial charge in [0, 0.05) is 17.7 Å². The lowest BCUT2D eigenvalue weighted by molar-refractivity contribution is -0.354. The highest BCUT2D eigenvalue weighted by molar-refractivity contribution is 5.89. The van der Waals surface area contributed by atoms with Gasteiger partial charge in [0.15, 0.2) is 6.21 Å². The van der Waals surface area contributed by atoms with Crippen molar-refractivity contribution in [2.24, 2.45) is 0 Å². The van der Waals surface area contributed by atoms with Gasteiger partial charge in [-0.1, -0.05) is 0 Å². The second-order valence-electron chi connectivity index (χ2n) is 4.84. The van der Waals surface area contributed by atoms with Crippen molar-refractivity contribution in [3.8, 4) is 0 Å². The van der Waals surface area contributed by atoms with E-state index in [1.54, 1.807) is 6.92 Å². The number of hydrogen-bond acceptors (Lipinski definition) is 3. The average molecular weight is 337 g/mol. The summed E-state index contributed by atoms with van der Waals surface area (Å²) in [6.07, 6.45) is -3.27. The molecule has 0 aliphatic heterocycles. The Morgan fingerprint density at radius 2 is 1.71 bits per heavy atom. The molecule has 0 atom stereocenters. The van der Waals surface area contributed by atoms with Crippen LogP contribution in [0.2, 0.25) is 0 Å². The molecule has 126 valence electrons. The number of hydrogen-bond donors (Lipinski definition) is 0. The molecular formula is C17H14F3NO3. The summed E-state index contributed by atoms with van der Waals surface area (Å²) in [6, 6.07) is 9.98. The van der Waals surface area contributed by atoms with E-state index in [1.165, 1.54) is 36.4 Å². The third-order valence-corrected chi connectivity index (χ3v) is 3.14. The van der Waals surface area contributed by atoms with E-state index in [9.17, 15) is 23.2 Å². The van der Waals surface area contributed by atoms with E-state index in [1.807, 2.05) is 0 Å². The molecule has 0 N–H and O–H groups in total. The lowest BCUT2D eigenvalue weighted by Crippen LogP contribution is -2.06. The molecule has 4 nitrogen and oxygen atoms in total. The number of carbonyl (C=O) groups excluding carboxylic acids is 1. The van der Waals surface area contributed by atoms with Crippen molar-refractivity contribution in [2.75, 3.05) is 6.61 Å². The van der Waals surface area contributed by atoms with Crippen molar-refractivity contribution in [3.05, 3.63) is 70.4 Å². The van der Waals surface area contributed by atoms with Gasteiger partial charge in [-0.15, -0.1) is 0 Å². The van der Waals surface area contributed by atoms with Gasteiger partial charge in [0.05, 0.1) is 17.7 Å². The number of carbonyl (C=O) groups is 1. The summed E-state index contributed by atoms with van der Waals surface area (Å²) in [5, 5.41) is 12.0. The first-order chi connectivity index (χ1) is 11.3. The molecule has 0 bridgehead atoms. The van der Waals surface area contributed by atoms with Gasteiger partial charge in [-0.3, -0.25) is 0 Å². The number of halogens is 3. The zero-order valence-electron chi connectivity index (χ0n) is 12.7. The first-order valence-electron chi connectivity index (χ1n) is 7.07. The molecule has 0 radical (unpaired) electrons. The monoisotopic (exact) mass is 337 g/mol. The van der Waals surface area contributed by atoms with Crippen molar-refractivity contribution < 1.29 is 27.4 Å². The van der Waals surface area contributed by atoms with Crippen molar-refractivity contribution in [1.29, 1.82) is 0 Å². The zero-order chi connectivity index (χ0) is 17.7. The first-order valence-corrected chi connectivity index (χ1v) is 7.07. The summed E-state index contributed by atoms with van der Waals surface area (Å²) in [6.45, 7) is 1.93. The number of benzene rings is 2. The van der Waals surface area contributed by atoms with Crippen molar-refractivity contribution >= 4 is 17.9 Å². The first kappa shape index (κ1) is 17.5. The van der Waals surface area contributed by atoms with Crippen LogP contribution in [0, 0.1) is 5.21 Å². The third-order valence-electron chi connectivity index (χ3n) is 3.14. The predicted molar refractivity (Wildman–Crippen MR) is 82.3 cm³/mol. The summed E-state index contributed by atoms with van der Waals surface area (Å²) >= 11 is 0. The van der Waals surface area contributed by atoms with Crippen LogP contribution in [0.5, 0.6) is 0 Å². The molecule has 0 aromatic heterocycles. The Labute approximate surface area is 136 Å². The minimum atomic E-state index is -4.42. The van der Waals surface area contributed by atoms with Gasteiger partial charge in [0.2, 0.25) is 5.69 Å². The molecule has 0 spiro atoms. The van der Waals surface area contributed by atoms with E-state index in [2.05, 4.69) is 0 Å². The molecule has 0 saturated carbocycles. The molecule has 0 aliphatic carbocycles. The summed E-state index contributed by atoms with van der Waals surface area (Å²) in [4.78, 5) is 11.5. The highest BCUT2D eigenvalue weighted by Gasteiger charge is 2.29. The predicted octanol–water partition coefficient (Wildman–Crippen LogP) is 4.14. The summed E-state index contributed by atoms with van der Waals surface area (Å²) < 4.78 is 42.8. The lowest BCUT2D eigenvalue weighted by Gasteiger charge is -2.07. The Morgan fingerprint density at radius 1 is 1.12 bits per heavy atom. The second-order valence-corrected chi connectivity index (χ2v) is 4.84. The molecule has 7 heteroatoms. The van der Waals surface area contributed by atoms with Crippen molar-refractivity contribution in [3.63, 3.8) is 0 Å². The van der Waals surface area contributed by atoms with Crippen LogP contribution in [0.1, 0.15) is 28.4 Å². The lowest BCUT2D eigenvalue weighted by atomic mass is 10.1. The van der Waals surface area contributed by atoms with Gasteiger partial charge in [-0.25, -0.2) is 4.79 Å². The molecule has 2 aromatic rings. The fraction of sp³-hybridized carbons (Fsp3) is 0.176. The Hall–Kier alpha value is -2.83. The van der Waals surface area contributed by atoms with E-state index in [0.29, 0.717) is 15.9 Å². The summed E-state index contributed by atoms with van der Waals surface area (Å²) in [5.41, 5.74) is 0.0924. The normalized spacial score (nSPS) is 12.1. The molecule has 0 amide bonds. The van der Waals surface area contributed by atoms with Crippen molar-refractivity contribution in [1.82, 2.24) is 0 Å². The van der Waals surface area contributed by atoms with Gasteiger partial charge in [-0.2, -0.15) is 17.9 Å². The standard InChI is InChI=1S/C17H14F3NO3/c1-2-24-16(22)13-5-9-15(10-6-13)21(23)11-12-3-7-14(8-4-12)17(18,19)20/h3-11H,2H2,1H3/b21-11-. The Morgan fingerprint density at radius 3 is 2.21 bits per heavy atom. The minimum absolute atomic E-state index is 0.239. The number of rotatable bonds is 4. The molecule has 0 unspecified atom stereocenters. The fourth-order valence-electron chi connectivity index (χ4n) is 1.93. The SMILES string of the molecule is CCOC(=O)c1ccc(/[N+]([O-])=C/c2ccc(C(F)(F)F)cc2)cc1. The molecule has 0 aliphatic rings. The maximum atomic E-state index is 12.5. The molecule has 0 heterocycles. The van der Waals surface area contributed by atoms with E-state index in [0.717, 1.165) is 18.3 Å². The van der Waals surface area contributed by atoms with Crippen LogP contribution in [0.3, 0.4) is 0 Å². The van der Waals surface area contributed by atoms with Crippen molar-refractivity contribution in [2.45, 2.75) is 13.1 Å². The van der Waals surface area contributed by atoms with Gasteiger partial charge in [-0.05, 0) is 43.3 Å². The van der Waals surface area contributed by atoms with E-state index in [4.69, 9.17) is 4.74 Å². The third kappa shape index (κ3) is 4.34. The molecule has 2 rings (SSSR count). The summed E-state index contributed by atoms with van der Waals surface area (Å²) in [7, 11) is 0. The average Bonchev–Trinajstić information content (AvgIpc) is 2.55. The largest absolute Gasteiger partial charge is 0.618 e. The van der Waals surface area contributed by atoms with E-state index in [-0.39, 0.29) is 12.3 Å². The topological polar surface area (TPSA) is 52.4 Å². The van der Waals surface area contributed by atoms with Gasteiger partial charge in [0.1, 0.15) is 0 Å². The molecule has 0 saturated heterocycles. The van der Waals surface area contributed by atoms with Crippen LogP contribution >= 0.6 is 0 Å². The molecule has 0 fully saturated rings. The van der Waals surface area contributed by atoms with Gasteiger partial charge >= 0.3 is 12.1 Å². The number of alkyl halides is 3. The van der Waals surface area contributed by atoms with E-state index < -0.39 is 17.7 Å². The maximum absolute atomic E-state index is 12.5. The van der Waals surface area contributed by atoms with Crippen LogP contribution in [0.25, 0.3) is 0 Å². The quantitative estimate of drug-likeness (QED) is 0.277. The minimum Gasteiger partial charge on any atom is -0.618 e. The second kappa shape index (κ2) is 7.16. The number of ether oxygens (including phenoxy) is 1. The number of esters is 1. The Kier molecular flexibility index (Phi) is 5.23. The molecule has 2 aromatic carbocycles. The van der Waals surface area contributed by atoms with Crippen LogP contribution in [0.15, 0.2) is 48.5 Å². The van der Waals surface area contributed by atoms with Crippen LogP contribution in [-0.2, 0) is 10.9 Å². The van der Waals surface area contributed by atoms with Crippen LogP contribution in [-0.4, -0.2) is 23.5 Å². The number of nitrogens with zero attached hydrogens (tertiary/aromatic N) is 1. The van der Waals surface area contributed by atoms with Crippen LogP contribution in [0.4, 0.5) is 18.9 Å². The fourth-order valence-corrected chi connectivity index (χ4v) is 1.93. The molecular weight excluding hydrogens is 323 g/mol. The highest BCUT2D eigenvalue weighted by Crippen LogP contribution is 2.28. The zero-order valence-corrected chi connectivity index (χ0v) is 12.7. The van der Waals surface area contributed by atoms with Gasteiger partial charge < -0.3 is 9.94 Å². The Balaban J connectivity index is 2.17.